The number of aromatic hydroxyl groups is 1. The average Bonchev–Trinajstić information content (AvgIpc) is 2.80. The van der Waals surface area contributed by atoms with Crippen LogP contribution in [0.15, 0.2) is 54.2 Å². The van der Waals surface area contributed by atoms with Gasteiger partial charge in [-0.2, -0.15) is 18.3 Å². The standard InChI is InChI=1S/C21H15ClF3N7O2/c1-34-16-5-2-11(6-15(16)33)8-30-32-20-18-17(26-10-29-20)19(28-9-27-18)31-12-3-4-14(22)13(7-12)21(23,24)25/h2-10,33H,1H3,(H,26,29,32)(H,27,28,31)/b30-8+. The molecule has 0 atom stereocenters. The van der Waals surface area contributed by atoms with Crippen LogP contribution in [0.4, 0.5) is 30.5 Å². The van der Waals surface area contributed by atoms with E-state index < -0.39 is 16.8 Å². The van der Waals surface area contributed by atoms with Crippen LogP contribution in [-0.4, -0.2) is 38.4 Å². The number of phenols is 1. The van der Waals surface area contributed by atoms with Crippen LogP contribution < -0.4 is 15.5 Å². The normalized spacial score (nSPS) is 11.7. The topological polar surface area (TPSA) is 117 Å². The molecule has 174 valence electrons. The lowest BCUT2D eigenvalue weighted by molar-refractivity contribution is -0.137. The predicted molar refractivity (Wildman–Crippen MR) is 121 cm³/mol. The van der Waals surface area contributed by atoms with Crippen molar-refractivity contribution in [1.82, 2.24) is 19.9 Å². The number of hydrogen-bond donors (Lipinski definition) is 3. The maximum absolute atomic E-state index is 13.2. The minimum absolute atomic E-state index is 0.0433. The first-order valence-electron chi connectivity index (χ1n) is 9.52. The Bertz CT molecular complexity index is 1380. The number of hydrazone groups is 1. The number of benzene rings is 2. The summed E-state index contributed by atoms with van der Waals surface area (Å²) >= 11 is 5.68. The zero-order valence-corrected chi connectivity index (χ0v) is 18.1. The molecule has 0 fully saturated rings. The number of rotatable bonds is 6. The highest BCUT2D eigenvalue weighted by molar-refractivity contribution is 6.31. The average molecular weight is 490 g/mol. The molecule has 0 aliphatic heterocycles. The minimum Gasteiger partial charge on any atom is -0.504 e. The number of fused-ring (bicyclic) bond motifs is 1. The first-order valence-corrected chi connectivity index (χ1v) is 9.89. The Morgan fingerprint density at radius 3 is 2.38 bits per heavy atom. The van der Waals surface area contributed by atoms with E-state index in [1.165, 1.54) is 38.1 Å². The Morgan fingerprint density at radius 1 is 1.00 bits per heavy atom. The van der Waals surface area contributed by atoms with Gasteiger partial charge in [0.25, 0.3) is 0 Å². The van der Waals surface area contributed by atoms with Crippen LogP contribution in [-0.2, 0) is 6.18 Å². The number of methoxy groups -OCH3 is 1. The van der Waals surface area contributed by atoms with Crippen molar-refractivity contribution in [2.45, 2.75) is 6.18 Å². The van der Waals surface area contributed by atoms with E-state index in [9.17, 15) is 18.3 Å². The number of halogens is 4. The first-order chi connectivity index (χ1) is 16.3. The molecule has 4 rings (SSSR count). The second kappa shape index (κ2) is 9.35. The van der Waals surface area contributed by atoms with Crippen LogP contribution in [0.25, 0.3) is 11.0 Å². The molecule has 0 amide bonds. The van der Waals surface area contributed by atoms with Crippen molar-refractivity contribution in [1.29, 1.82) is 0 Å². The zero-order valence-electron chi connectivity index (χ0n) is 17.3. The highest BCUT2D eigenvalue weighted by Crippen LogP contribution is 2.37. The maximum atomic E-state index is 13.2. The fraction of sp³-hybridized carbons (Fsp3) is 0.0952. The van der Waals surface area contributed by atoms with Crippen molar-refractivity contribution in [2.75, 3.05) is 17.9 Å². The van der Waals surface area contributed by atoms with Gasteiger partial charge in [0.2, 0.25) is 0 Å². The highest BCUT2D eigenvalue weighted by Gasteiger charge is 2.33. The van der Waals surface area contributed by atoms with Crippen LogP contribution >= 0.6 is 11.6 Å². The summed E-state index contributed by atoms with van der Waals surface area (Å²) in [5, 5.41) is 16.3. The summed E-state index contributed by atoms with van der Waals surface area (Å²) in [6.45, 7) is 0. The number of hydrogen-bond acceptors (Lipinski definition) is 9. The third-order valence-electron chi connectivity index (χ3n) is 4.54. The third kappa shape index (κ3) is 4.91. The van der Waals surface area contributed by atoms with Crippen LogP contribution in [0.1, 0.15) is 11.1 Å². The molecule has 3 N–H and O–H groups in total. The zero-order chi connectivity index (χ0) is 24.3. The molecule has 0 aliphatic carbocycles. The number of phenolic OH excluding ortho intramolecular Hbond substituents is 1. The Labute approximate surface area is 195 Å². The number of anilines is 3. The molecule has 0 aliphatic rings. The molecule has 2 heterocycles. The summed E-state index contributed by atoms with van der Waals surface area (Å²) in [5.74, 6) is 0.677. The minimum atomic E-state index is -4.61. The van der Waals surface area contributed by atoms with Gasteiger partial charge in [-0.1, -0.05) is 11.6 Å². The van der Waals surface area contributed by atoms with Crippen LogP contribution in [0.5, 0.6) is 11.5 Å². The molecule has 0 bridgehead atoms. The van der Waals surface area contributed by atoms with E-state index in [4.69, 9.17) is 16.3 Å². The fourth-order valence-corrected chi connectivity index (χ4v) is 3.19. The van der Waals surface area contributed by atoms with Gasteiger partial charge in [0, 0.05) is 5.69 Å². The summed E-state index contributed by atoms with van der Waals surface area (Å²) < 4.78 is 44.5. The lowest BCUT2D eigenvalue weighted by Gasteiger charge is -2.13. The Hall–Kier alpha value is -4.19. The van der Waals surface area contributed by atoms with Crippen molar-refractivity contribution in [3.05, 3.63) is 65.2 Å². The van der Waals surface area contributed by atoms with E-state index in [0.717, 1.165) is 12.1 Å². The number of nitrogens with zero attached hydrogens (tertiary/aromatic N) is 5. The van der Waals surface area contributed by atoms with Gasteiger partial charge in [-0.05, 0) is 42.0 Å². The second-order valence-corrected chi connectivity index (χ2v) is 7.17. The molecule has 0 spiro atoms. The van der Waals surface area contributed by atoms with Crippen LogP contribution in [0.2, 0.25) is 5.02 Å². The largest absolute Gasteiger partial charge is 0.504 e. The molecule has 0 unspecified atom stereocenters. The smallest absolute Gasteiger partial charge is 0.417 e. The van der Waals surface area contributed by atoms with E-state index in [-0.39, 0.29) is 34.1 Å². The molecular weight excluding hydrogens is 475 g/mol. The Kier molecular flexibility index (Phi) is 6.32. The summed E-state index contributed by atoms with van der Waals surface area (Å²) in [7, 11) is 1.44. The second-order valence-electron chi connectivity index (χ2n) is 6.76. The highest BCUT2D eigenvalue weighted by atomic mass is 35.5. The van der Waals surface area contributed by atoms with Gasteiger partial charge in [0.05, 0.1) is 23.9 Å². The van der Waals surface area contributed by atoms with Gasteiger partial charge in [0.15, 0.2) is 23.1 Å². The summed E-state index contributed by atoms with van der Waals surface area (Å²) in [6, 6.07) is 8.15. The molecule has 2 aromatic heterocycles. The monoisotopic (exact) mass is 489 g/mol. The van der Waals surface area contributed by atoms with Gasteiger partial charge in [0.1, 0.15) is 23.7 Å². The third-order valence-corrected chi connectivity index (χ3v) is 4.87. The fourth-order valence-electron chi connectivity index (χ4n) is 2.97. The quantitative estimate of drug-likeness (QED) is 0.256. The summed E-state index contributed by atoms with van der Waals surface area (Å²) in [4.78, 5) is 16.5. The molecule has 13 heteroatoms. The summed E-state index contributed by atoms with van der Waals surface area (Å²) in [6.07, 6.45) is -0.720. The van der Waals surface area contributed by atoms with Gasteiger partial charge in [-0.3, -0.25) is 5.43 Å². The Morgan fingerprint density at radius 2 is 1.71 bits per heavy atom. The maximum Gasteiger partial charge on any atom is 0.417 e. The van der Waals surface area contributed by atoms with E-state index in [1.807, 2.05) is 0 Å². The molecule has 0 saturated heterocycles. The van der Waals surface area contributed by atoms with Crippen molar-refractivity contribution < 1.29 is 23.0 Å². The number of aromatic nitrogens is 4. The van der Waals surface area contributed by atoms with E-state index in [1.54, 1.807) is 12.1 Å². The van der Waals surface area contributed by atoms with E-state index in [0.29, 0.717) is 11.3 Å². The number of ether oxygens (including phenoxy) is 1. The van der Waals surface area contributed by atoms with Crippen molar-refractivity contribution in [3.63, 3.8) is 0 Å². The molecule has 4 aromatic rings. The van der Waals surface area contributed by atoms with Gasteiger partial charge in [-0.25, -0.2) is 19.9 Å². The van der Waals surface area contributed by atoms with Crippen LogP contribution in [0.3, 0.4) is 0 Å². The SMILES string of the molecule is COc1ccc(/C=N/Nc2ncnc3c(Nc4ccc(Cl)c(C(F)(F)F)c4)ncnc23)cc1O. The predicted octanol–water partition coefficient (Wildman–Crippen LogP) is 5.00. The molecule has 0 saturated carbocycles. The van der Waals surface area contributed by atoms with Gasteiger partial charge >= 0.3 is 6.18 Å². The Balaban J connectivity index is 1.60. The first kappa shape index (κ1) is 23.0. The lowest BCUT2D eigenvalue weighted by atomic mass is 10.2. The number of nitrogens with one attached hydrogen (secondary N) is 2. The number of alkyl halides is 3. The lowest BCUT2D eigenvalue weighted by Crippen LogP contribution is -2.07. The molecule has 0 radical (unpaired) electrons. The van der Waals surface area contributed by atoms with Gasteiger partial charge in [-0.15, -0.1) is 0 Å². The molecule has 34 heavy (non-hydrogen) atoms. The molecule has 2 aromatic carbocycles. The van der Waals surface area contributed by atoms with E-state index >= 15 is 0 Å². The van der Waals surface area contributed by atoms with Gasteiger partial charge < -0.3 is 15.2 Å². The summed E-state index contributed by atoms with van der Waals surface area (Å²) in [5.41, 5.74) is 2.98. The van der Waals surface area contributed by atoms with E-state index in [2.05, 4.69) is 35.8 Å². The molecule has 9 nitrogen and oxygen atoms in total. The van der Waals surface area contributed by atoms with Crippen molar-refractivity contribution in [2.24, 2.45) is 5.10 Å². The molecular formula is C21H15ClF3N7O2. The van der Waals surface area contributed by atoms with Crippen LogP contribution in [0, 0.1) is 0 Å². The van der Waals surface area contributed by atoms with Crippen molar-refractivity contribution in [3.8, 4) is 11.5 Å². The van der Waals surface area contributed by atoms with Crippen molar-refractivity contribution >= 4 is 46.2 Å².